The molecule has 4 rings (SSSR count). The van der Waals surface area contributed by atoms with E-state index in [2.05, 4.69) is 0 Å². The molecule has 1 amide bonds. The van der Waals surface area contributed by atoms with Crippen molar-refractivity contribution in [3.63, 3.8) is 0 Å². The predicted octanol–water partition coefficient (Wildman–Crippen LogP) is 3.67. The lowest BCUT2D eigenvalue weighted by Crippen LogP contribution is -2.41. The fourth-order valence-corrected chi connectivity index (χ4v) is 3.69. The maximum absolute atomic E-state index is 12.9. The zero-order valence-corrected chi connectivity index (χ0v) is 14.5. The highest BCUT2D eigenvalue weighted by Gasteiger charge is 2.50. The van der Waals surface area contributed by atoms with E-state index in [0.29, 0.717) is 23.4 Å². The molecule has 1 aliphatic heterocycles. The number of carbonyl (C=O) groups is 2. The highest BCUT2D eigenvalue weighted by Crippen LogP contribution is 2.42. The Balaban J connectivity index is 1.71. The van der Waals surface area contributed by atoms with E-state index in [1.807, 2.05) is 49.4 Å². The number of benzene rings is 3. The lowest BCUT2D eigenvalue weighted by atomic mass is 9.88. The van der Waals surface area contributed by atoms with Crippen molar-refractivity contribution in [3.8, 4) is 0 Å². The molecule has 0 radical (unpaired) electrons. The summed E-state index contributed by atoms with van der Waals surface area (Å²) < 4.78 is 0. The Morgan fingerprint density at radius 3 is 2.46 bits per heavy atom. The van der Waals surface area contributed by atoms with Gasteiger partial charge in [-0.25, -0.2) is 0 Å². The lowest BCUT2D eigenvalue weighted by Gasteiger charge is -2.22. The van der Waals surface area contributed by atoms with Gasteiger partial charge in [0.2, 0.25) is 0 Å². The van der Waals surface area contributed by atoms with Crippen molar-refractivity contribution in [1.82, 2.24) is 0 Å². The number of amides is 1. The third-order valence-electron chi connectivity index (χ3n) is 5.04. The molecule has 0 saturated carbocycles. The van der Waals surface area contributed by atoms with Crippen LogP contribution >= 0.6 is 0 Å². The first kappa shape index (κ1) is 16.5. The van der Waals surface area contributed by atoms with E-state index < -0.39 is 11.5 Å². The molecule has 130 valence electrons. The number of hydrogen-bond donors (Lipinski definition) is 1. The molecule has 26 heavy (non-hydrogen) atoms. The number of likely N-dealkylation sites (N-methyl/N-ethyl adjacent to an activating group) is 1. The summed E-state index contributed by atoms with van der Waals surface area (Å²) in [7, 11) is 0. The molecule has 0 spiro atoms. The summed E-state index contributed by atoms with van der Waals surface area (Å²) in [5, 5.41) is 13.1. The van der Waals surface area contributed by atoms with Crippen LogP contribution in [-0.4, -0.2) is 23.3 Å². The number of carbonyl (C=O) groups excluding carboxylic acids is 2. The summed E-state index contributed by atoms with van der Waals surface area (Å²) in [6.07, 6.45) is -0.266. The fourth-order valence-electron chi connectivity index (χ4n) is 3.69. The van der Waals surface area contributed by atoms with Crippen molar-refractivity contribution in [3.05, 3.63) is 77.9 Å². The van der Waals surface area contributed by atoms with Gasteiger partial charge in [0.15, 0.2) is 11.4 Å². The summed E-state index contributed by atoms with van der Waals surface area (Å²) in [6, 6.07) is 20.3. The maximum Gasteiger partial charge on any atom is 0.264 e. The molecule has 0 aromatic heterocycles. The lowest BCUT2D eigenvalue weighted by molar-refractivity contribution is -0.135. The van der Waals surface area contributed by atoms with Crippen molar-refractivity contribution in [2.75, 3.05) is 11.4 Å². The zero-order valence-electron chi connectivity index (χ0n) is 14.5. The molecular formula is C22H19NO3. The van der Waals surface area contributed by atoms with Crippen LogP contribution in [0.1, 0.15) is 29.3 Å². The average Bonchev–Trinajstić information content (AvgIpc) is 2.88. The number of para-hydroxylation sites is 1. The van der Waals surface area contributed by atoms with Crippen LogP contribution in [0.4, 0.5) is 5.69 Å². The first-order valence-electron chi connectivity index (χ1n) is 8.70. The van der Waals surface area contributed by atoms with Crippen LogP contribution in [-0.2, 0) is 10.4 Å². The van der Waals surface area contributed by atoms with Gasteiger partial charge in [-0.15, -0.1) is 0 Å². The summed E-state index contributed by atoms with van der Waals surface area (Å²) in [5.41, 5.74) is -0.137. The number of hydrogen-bond acceptors (Lipinski definition) is 3. The molecule has 0 aliphatic carbocycles. The smallest absolute Gasteiger partial charge is 0.264 e. The van der Waals surface area contributed by atoms with Gasteiger partial charge in [-0.05, 0) is 29.8 Å². The molecule has 1 N–H and O–H groups in total. The second-order valence-corrected chi connectivity index (χ2v) is 6.59. The number of ketones is 1. The van der Waals surface area contributed by atoms with Gasteiger partial charge in [0.05, 0.1) is 12.1 Å². The molecule has 1 heterocycles. The van der Waals surface area contributed by atoms with E-state index in [-0.39, 0.29) is 12.2 Å². The Labute approximate surface area is 151 Å². The number of fused-ring (bicyclic) bond motifs is 2. The largest absolute Gasteiger partial charge is 0.375 e. The predicted molar refractivity (Wildman–Crippen MR) is 101 cm³/mol. The van der Waals surface area contributed by atoms with Gasteiger partial charge in [-0.2, -0.15) is 0 Å². The van der Waals surface area contributed by atoms with Gasteiger partial charge in [-0.3, -0.25) is 9.59 Å². The van der Waals surface area contributed by atoms with Crippen molar-refractivity contribution >= 4 is 28.2 Å². The quantitative estimate of drug-likeness (QED) is 0.734. The van der Waals surface area contributed by atoms with Crippen LogP contribution in [0.3, 0.4) is 0 Å². The van der Waals surface area contributed by atoms with Gasteiger partial charge >= 0.3 is 0 Å². The molecule has 0 fully saturated rings. The van der Waals surface area contributed by atoms with E-state index in [1.54, 1.807) is 24.3 Å². The summed E-state index contributed by atoms with van der Waals surface area (Å²) in [5.74, 6) is -0.685. The van der Waals surface area contributed by atoms with Crippen molar-refractivity contribution in [2.45, 2.75) is 18.9 Å². The standard InChI is InChI=1S/C22H19NO3/c1-2-23-19-10-6-5-9-18(19)22(26,21(23)25)14-20(24)17-12-11-15-7-3-4-8-16(15)13-17/h3-13,26H,2,14H2,1H3. The van der Waals surface area contributed by atoms with Crippen LogP contribution in [0.15, 0.2) is 66.7 Å². The van der Waals surface area contributed by atoms with Crippen LogP contribution in [0.2, 0.25) is 0 Å². The zero-order chi connectivity index (χ0) is 18.3. The molecule has 1 atom stereocenters. The normalized spacial score (nSPS) is 19.0. The Kier molecular flexibility index (Phi) is 3.85. The molecule has 0 bridgehead atoms. The first-order valence-corrected chi connectivity index (χ1v) is 8.70. The van der Waals surface area contributed by atoms with Crippen molar-refractivity contribution in [2.24, 2.45) is 0 Å². The molecule has 1 unspecified atom stereocenters. The summed E-state index contributed by atoms with van der Waals surface area (Å²) in [4.78, 5) is 27.2. The molecular weight excluding hydrogens is 326 g/mol. The van der Waals surface area contributed by atoms with E-state index in [1.165, 1.54) is 4.90 Å². The summed E-state index contributed by atoms with van der Waals surface area (Å²) in [6.45, 7) is 2.30. The third kappa shape index (κ3) is 2.42. The monoisotopic (exact) mass is 345 g/mol. The molecule has 4 heteroatoms. The Morgan fingerprint density at radius 2 is 1.69 bits per heavy atom. The van der Waals surface area contributed by atoms with Crippen LogP contribution < -0.4 is 4.90 Å². The number of aliphatic hydroxyl groups is 1. The number of rotatable bonds is 4. The fraction of sp³-hybridized carbons (Fsp3) is 0.182. The Hall–Kier alpha value is -2.98. The van der Waals surface area contributed by atoms with Gasteiger partial charge in [0.25, 0.3) is 5.91 Å². The van der Waals surface area contributed by atoms with Crippen LogP contribution in [0, 0.1) is 0 Å². The van der Waals surface area contributed by atoms with Crippen LogP contribution in [0.5, 0.6) is 0 Å². The molecule has 0 saturated heterocycles. The van der Waals surface area contributed by atoms with Crippen LogP contribution in [0.25, 0.3) is 10.8 Å². The van der Waals surface area contributed by atoms with Gasteiger partial charge in [0, 0.05) is 17.7 Å². The van der Waals surface area contributed by atoms with Crippen molar-refractivity contribution in [1.29, 1.82) is 0 Å². The molecule has 4 nitrogen and oxygen atoms in total. The minimum Gasteiger partial charge on any atom is -0.375 e. The second kappa shape index (κ2) is 6.07. The second-order valence-electron chi connectivity index (χ2n) is 6.59. The summed E-state index contributed by atoms with van der Waals surface area (Å²) >= 11 is 0. The van der Waals surface area contributed by atoms with Gasteiger partial charge in [-0.1, -0.05) is 54.6 Å². The number of nitrogens with zero attached hydrogens (tertiary/aromatic N) is 1. The highest BCUT2D eigenvalue weighted by atomic mass is 16.3. The number of anilines is 1. The van der Waals surface area contributed by atoms with Gasteiger partial charge in [0.1, 0.15) is 0 Å². The van der Waals surface area contributed by atoms with E-state index in [0.717, 1.165) is 10.8 Å². The maximum atomic E-state index is 12.9. The average molecular weight is 345 g/mol. The number of Topliss-reactive ketones (excluding diaryl/α,β-unsaturated/α-hetero) is 1. The SMILES string of the molecule is CCN1C(=O)C(O)(CC(=O)c2ccc3ccccc3c2)c2ccccc21. The molecule has 3 aromatic rings. The molecule has 1 aliphatic rings. The first-order chi connectivity index (χ1) is 12.5. The van der Waals surface area contributed by atoms with E-state index in [4.69, 9.17) is 0 Å². The minimum absolute atomic E-state index is 0.251. The third-order valence-corrected chi connectivity index (χ3v) is 5.04. The topological polar surface area (TPSA) is 57.6 Å². The molecule has 3 aromatic carbocycles. The van der Waals surface area contributed by atoms with Crippen molar-refractivity contribution < 1.29 is 14.7 Å². The van der Waals surface area contributed by atoms with E-state index >= 15 is 0 Å². The van der Waals surface area contributed by atoms with Gasteiger partial charge < -0.3 is 10.0 Å². The Morgan fingerprint density at radius 1 is 1.00 bits per heavy atom. The highest BCUT2D eigenvalue weighted by molar-refractivity contribution is 6.11. The van der Waals surface area contributed by atoms with E-state index in [9.17, 15) is 14.7 Å². The Bertz CT molecular complexity index is 1030. The minimum atomic E-state index is -1.81.